The molecule has 5 nitrogen and oxygen atoms in total. The van der Waals surface area contributed by atoms with E-state index in [0.29, 0.717) is 12.2 Å². The highest BCUT2D eigenvalue weighted by Gasteiger charge is 2.10. The van der Waals surface area contributed by atoms with Gasteiger partial charge in [0.2, 0.25) is 5.91 Å². The number of rotatable bonds is 4. The minimum absolute atomic E-state index is 0.116. The van der Waals surface area contributed by atoms with Gasteiger partial charge in [0.1, 0.15) is 5.69 Å². The van der Waals surface area contributed by atoms with Crippen molar-refractivity contribution in [1.82, 2.24) is 9.55 Å². The number of fused-ring (bicyclic) bond motifs is 1. The van der Waals surface area contributed by atoms with Gasteiger partial charge in [-0.15, -0.1) is 0 Å². The Balaban J connectivity index is 1.81. The van der Waals surface area contributed by atoms with Gasteiger partial charge in [-0.2, -0.15) is 0 Å². The maximum Gasteiger partial charge on any atom is 0.272 e. The zero-order valence-corrected chi connectivity index (χ0v) is 13.7. The van der Waals surface area contributed by atoms with Crippen molar-refractivity contribution >= 4 is 22.6 Å². The Labute approximate surface area is 140 Å². The fraction of sp³-hybridized carbons (Fsp3) is 0.211. The average Bonchev–Trinajstić information content (AvgIpc) is 2.57. The molecule has 0 saturated heterocycles. The van der Waals surface area contributed by atoms with Crippen molar-refractivity contribution < 1.29 is 4.79 Å². The molecule has 1 N–H and O–H groups in total. The Hall–Kier alpha value is -2.95. The van der Waals surface area contributed by atoms with Crippen LogP contribution >= 0.6 is 0 Å². The van der Waals surface area contributed by atoms with E-state index in [2.05, 4.69) is 10.3 Å². The normalized spacial score (nSPS) is 10.8. The Morgan fingerprint density at radius 1 is 1.08 bits per heavy atom. The molecule has 0 aliphatic carbocycles. The molecular weight excluding hydrogens is 302 g/mol. The van der Waals surface area contributed by atoms with Crippen molar-refractivity contribution in [3.8, 4) is 0 Å². The molecule has 2 aromatic carbocycles. The van der Waals surface area contributed by atoms with E-state index in [1.165, 1.54) is 0 Å². The number of nitrogens with zero attached hydrogens (tertiary/aromatic N) is 2. The van der Waals surface area contributed by atoms with E-state index < -0.39 is 0 Å². The monoisotopic (exact) mass is 321 g/mol. The lowest BCUT2D eigenvalue weighted by Crippen LogP contribution is -2.26. The second kappa shape index (κ2) is 6.66. The van der Waals surface area contributed by atoms with Gasteiger partial charge < -0.3 is 9.88 Å². The minimum Gasteiger partial charge on any atom is -0.326 e. The summed E-state index contributed by atoms with van der Waals surface area (Å²) in [5.74, 6) is -0.116. The molecule has 0 fully saturated rings. The third-order valence-electron chi connectivity index (χ3n) is 4.00. The third kappa shape index (κ3) is 3.20. The van der Waals surface area contributed by atoms with Crippen LogP contribution in [0.25, 0.3) is 11.0 Å². The van der Waals surface area contributed by atoms with Crippen LogP contribution in [0.4, 0.5) is 5.69 Å². The number of carbonyl (C=O) groups excluding carboxylic acids is 1. The second-order valence-corrected chi connectivity index (χ2v) is 5.76. The fourth-order valence-corrected chi connectivity index (χ4v) is 2.68. The molecule has 0 aliphatic heterocycles. The summed E-state index contributed by atoms with van der Waals surface area (Å²) >= 11 is 0. The highest BCUT2D eigenvalue weighted by Crippen LogP contribution is 2.14. The zero-order valence-electron chi connectivity index (χ0n) is 13.7. The number of carbonyl (C=O) groups is 1. The predicted octanol–water partition coefficient (Wildman–Crippen LogP) is 3.04. The van der Waals surface area contributed by atoms with Crippen molar-refractivity contribution in [3.63, 3.8) is 0 Å². The number of anilines is 1. The summed E-state index contributed by atoms with van der Waals surface area (Å²) in [4.78, 5) is 28.9. The van der Waals surface area contributed by atoms with E-state index in [4.69, 9.17) is 0 Å². The topological polar surface area (TPSA) is 64.0 Å². The molecule has 0 unspecified atom stereocenters. The van der Waals surface area contributed by atoms with Crippen LogP contribution in [-0.2, 0) is 11.3 Å². The van der Waals surface area contributed by atoms with Crippen LogP contribution in [-0.4, -0.2) is 15.5 Å². The summed E-state index contributed by atoms with van der Waals surface area (Å²) in [6.45, 7) is 3.96. The number of benzene rings is 2. The molecule has 1 heterocycles. The van der Waals surface area contributed by atoms with Crippen LogP contribution in [0.3, 0.4) is 0 Å². The quantitative estimate of drug-likeness (QED) is 0.803. The smallest absolute Gasteiger partial charge is 0.272 e. The molecule has 1 amide bonds. The number of para-hydroxylation sites is 3. The van der Waals surface area contributed by atoms with E-state index in [9.17, 15) is 9.59 Å². The Bertz CT molecular complexity index is 960. The fourth-order valence-electron chi connectivity index (χ4n) is 2.68. The SMILES string of the molecule is Cc1ccccc1NC(=O)CCn1c(=O)c(C)nc2ccccc21. The second-order valence-electron chi connectivity index (χ2n) is 5.76. The van der Waals surface area contributed by atoms with Crippen molar-refractivity contribution in [2.24, 2.45) is 0 Å². The summed E-state index contributed by atoms with van der Waals surface area (Å²) in [7, 11) is 0. The van der Waals surface area contributed by atoms with Crippen LogP contribution in [0.2, 0.25) is 0 Å². The highest BCUT2D eigenvalue weighted by atomic mass is 16.2. The number of nitrogens with one attached hydrogen (secondary N) is 1. The van der Waals surface area contributed by atoms with E-state index in [0.717, 1.165) is 22.3 Å². The summed E-state index contributed by atoms with van der Waals surface area (Å²) in [5, 5.41) is 2.89. The number of aromatic nitrogens is 2. The van der Waals surface area contributed by atoms with Gasteiger partial charge in [-0.25, -0.2) is 4.98 Å². The molecule has 24 heavy (non-hydrogen) atoms. The van der Waals surface area contributed by atoms with E-state index >= 15 is 0 Å². The maximum absolute atomic E-state index is 12.4. The molecule has 5 heteroatoms. The molecule has 0 radical (unpaired) electrons. The molecule has 0 atom stereocenters. The van der Waals surface area contributed by atoms with Crippen LogP contribution in [0.15, 0.2) is 53.3 Å². The van der Waals surface area contributed by atoms with Gasteiger partial charge in [0.05, 0.1) is 11.0 Å². The lowest BCUT2D eigenvalue weighted by Gasteiger charge is -2.12. The van der Waals surface area contributed by atoms with Gasteiger partial charge in [-0.05, 0) is 37.6 Å². The van der Waals surface area contributed by atoms with Gasteiger partial charge in [-0.1, -0.05) is 30.3 Å². The molecule has 3 aromatic rings. The van der Waals surface area contributed by atoms with Crippen LogP contribution in [0, 0.1) is 13.8 Å². The lowest BCUT2D eigenvalue weighted by molar-refractivity contribution is -0.116. The third-order valence-corrected chi connectivity index (χ3v) is 4.00. The van der Waals surface area contributed by atoms with Crippen LogP contribution in [0.5, 0.6) is 0 Å². The summed E-state index contributed by atoms with van der Waals surface area (Å²) in [6.07, 6.45) is 0.224. The lowest BCUT2D eigenvalue weighted by atomic mass is 10.2. The van der Waals surface area contributed by atoms with Crippen molar-refractivity contribution in [3.05, 3.63) is 70.1 Å². The van der Waals surface area contributed by atoms with E-state index in [1.807, 2.05) is 55.5 Å². The van der Waals surface area contributed by atoms with Crippen molar-refractivity contribution in [1.29, 1.82) is 0 Å². The van der Waals surface area contributed by atoms with Crippen molar-refractivity contribution in [2.45, 2.75) is 26.8 Å². The van der Waals surface area contributed by atoms with Gasteiger partial charge in [0, 0.05) is 18.7 Å². The zero-order chi connectivity index (χ0) is 17.1. The first-order valence-electron chi connectivity index (χ1n) is 7.88. The van der Waals surface area contributed by atoms with Gasteiger partial charge in [0.25, 0.3) is 5.56 Å². The largest absolute Gasteiger partial charge is 0.326 e. The first-order chi connectivity index (χ1) is 11.6. The van der Waals surface area contributed by atoms with Gasteiger partial charge in [-0.3, -0.25) is 9.59 Å². The number of hydrogen-bond donors (Lipinski definition) is 1. The number of hydrogen-bond acceptors (Lipinski definition) is 3. The predicted molar refractivity (Wildman–Crippen MR) is 95.2 cm³/mol. The Morgan fingerprint density at radius 3 is 2.58 bits per heavy atom. The molecule has 0 spiro atoms. The Morgan fingerprint density at radius 2 is 1.79 bits per heavy atom. The molecule has 122 valence electrons. The summed E-state index contributed by atoms with van der Waals surface area (Å²) < 4.78 is 1.62. The first-order valence-corrected chi connectivity index (χ1v) is 7.88. The molecule has 0 saturated carbocycles. The molecule has 3 rings (SSSR count). The minimum atomic E-state index is -0.155. The molecule has 0 bridgehead atoms. The first kappa shape index (κ1) is 15.9. The van der Waals surface area contributed by atoms with Gasteiger partial charge in [0.15, 0.2) is 0 Å². The molecular formula is C19H19N3O2. The maximum atomic E-state index is 12.4. The van der Waals surface area contributed by atoms with Crippen LogP contribution < -0.4 is 10.9 Å². The highest BCUT2D eigenvalue weighted by molar-refractivity contribution is 5.91. The van der Waals surface area contributed by atoms with Gasteiger partial charge >= 0.3 is 0 Å². The molecule has 1 aromatic heterocycles. The standard InChI is InChI=1S/C19H19N3O2/c1-13-7-3-4-8-15(13)21-18(23)11-12-22-17-10-6-5-9-16(17)20-14(2)19(22)24/h3-10H,11-12H2,1-2H3,(H,21,23). The summed E-state index contributed by atoms with van der Waals surface area (Å²) in [5.41, 5.74) is 3.59. The summed E-state index contributed by atoms with van der Waals surface area (Å²) in [6, 6.07) is 15.1. The number of aryl methyl sites for hydroxylation is 3. The average molecular weight is 321 g/mol. The van der Waals surface area contributed by atoms with E-state index in [1.54, 1.807) is 11.5 Å². The van der Waals surface area contributed by atoms with E-state index in [-0.39, 0.29) is 17.9 Å². The van der Waals surface area contributed by atoms with Crippen molar-refractivity contribution in [2.75, 3.05) is 5.32 Å². The van der Waals surface area contributed by atoms with Crippen LogP contribution in [0.1, 0.15) is 17.7 Å². The number of amides is 1. The Kier molecular flexibility index (Phi) is 4.42. The molecule has 0 aliphatic rings.